The van der Waals surface area contributed by atoms with Gasteiger partial charge in [-0.15, -0.1) is 0 Å². The number of thiazole rings is 1. The van der Waals surface area contributed by atoms with Crippen LogP contribution in [0.25, 0.3) is 10.2 Å². The molecule has 1 aromatic heterocycles. The number of hydrogen-bond acceptors (Lipinski definition) is 6. The van der Waals surface area contributed by atoms with E-state index in [1.165, 1.54) is 11.3 Å². The van der Waals surface area contributed by atoms with E-state index in [0.717, 1.165) is 15.8 Å². The third-order valence-corrected chi connectivity index (χ3v) is 4.81. The van der Waals surface area contributed by atoms with Gasteiger partial charge in [0, 0.05) is 18.6 Å². The second-order valence-corrected chi connectivity index (χ2v) is 6.73. The van der Waals surface area contributed by atoms with Crippen LogP contribution in [0.5, 0.6) is 17.2 Å². The van der Waals surface area contributed by atoms with Crippen molar-refractivity contribution >= 4 is 32.6 Å². The Kier molecular flexibility index (Phi) is 4.15. The minimum Gasteiger partial charge on any atom is -0.508 e. The summed E-state index contributed by atoms with van der Waals surface area (Å²) in [5, 5.41) is 12.7. The Morgan fingerprint density at radius 1 is 1.16 bits per heavy atom. The number of benzene rings is 2. The van der Waals surface area contributed by atoms with Gasteiger partial charge in [0.1, 0.15) is 19.0 Å². The molecule has 2 aromatic carbocycles. The summed E-state index contributed by atoms with van der Waals surface area (Å²) in [5.41, 5.74) is 1.78. The molecule has 0 atom stereocenters. The van der Waals surface area contributed by atoms with E-state index in [2.05, 4.69) is 10.3 Å². The van der Waals surface area contributed by atoms with Crippen LogP contribution in [-0.4, -0.2) is 29.2 Å². The van der Waals surface area contributed by atoms with E-state index < -0.39 is 0 Å². The maximum atomic E-state index is 12.1. The first-order valence-electron chi connectivity index (χ1n) is 7.95. The van der Waals surface area contributed by atoms with Gasteiger partial charge in [0.15, 0.2) is 16.6 Å². The number of aromatic nitrogens is 1. The lowest BCUT2D eigenvalue weighted by atomic mass is 10.1. The normalized spacial score (nSPS) is 13.0. The Hall–Kier alpha value is -2.80. The molecule has 0 radical (unpaired) electrons. The zero-order chi connectivity index (χ0) is 17.2. The van der Waals surface area contributed by atoms with E-state index in [0.29, 0.717) is 42.7 Å². The third-order valence-electron chi connectivity index (χ3n) is 3.88. The molecule has 0 fully saturated rings. The largest absolute Gasteiger partial charge is 0.508 e. The molecule has 1 aliphatic heterocycles. The average molecular weight is 356 g/mol. The molecular weight excluding hydrogens is 340 g/mol. The highest BCUT2D eigenvalue weighted by molar-refractivity contribution is 7.22. The zero-order valence-corrected chi connectivity index (χ0v) is 14.1. The van der Waals surface area contributed by atoms with E-state index in [1.54, 1.807) is 12.1 Å². The highest BCUT2D eigenvalue weighted by atomic mass is 32.1. The number of aryl methyl sites for hydroxylation is 1. The Balaban J connectivity index is 1.43. The molecule has 1 amide bonds. The quantitative estimate of drug-likeness (QED) is 0.749. The fraction of sp³-hybridized carbons (Fsp3) is 0.222. The number of hydrogen-bond donors (Lipinski definition) is 2. The van der Waals surface area contributed by atoms with Crippen LogP contribution in [0, 0.1) is 0 Å². The van der Waals surface area contributed by atoms with Gasteiger partial charge in [0.2, 0.25) is 5.91 Å². The predicted octanol–water partition coefficient (Wildman–Crippen LogP) is 3.34. The monoisotopic (exact) mass is 356 g/mol. The average Bonchev–Trinajstić information content (AvgIpc) is 3.00. The number of carbonyl (C=O) groups is 1. The number of nitrogens with one attached hydrogen (secondary N) is 1. The first-order valence-corrected chi connectivity index (χ1v) is 8.77. The van der Waals surface area contributed by atoms with Crippen molar-refractivity contribution < 1.29 is 19.4 Å². The van der Waals surface area contributed by atoms with Crippen LogP contribution in [0.3, 0.4) is 0 Å². The molecule has 2 heterocycles. The molecule has 0 saturated carbocycles. The maximum absolute atomic E-state index is 12.1. The third kappa shape index (κ3) is 3.51. The lowest BCUT2D eigenvalue weighted by Gasteiger charge is -2.17. The Bertz CT molecular complexity index is 878. The van der Waals surface area contributed by atoms with Gasteiger partial charge in [0.05, 0.1) is 10.2 Å². The molecule has 2 N–H and O–H groups in total. The number of fused-ring (bicyclic) bond motifs is 2. The van der Waals surface area contributed by atoms with Crippen molar-refractivity contribution in [3.63, 3.8) is 0 Å². The van der Waals surface area contributed by atoms with E-state index in [4.69, 9.17) is 9.47 Å². The number of phenols is 1. The molecule has 3 aromatic rings. The molecular formula is C18H16N2O4S. The smallest absolute Gasteiger partial charge is 0.226 e. The van der Waals surface area contributed by atoms with Gasteiger partial charge < -0.3 is 19.9 Å². The number of amides is 1. The summed E-state index contributed by atoms with van der Waals surface area (Å²) >= 11 is 1.41. The molecule has 0 aliphatic carbocycles. The van der Waals surface area contributed by atoms with Crippen LogP contribution in [0.15, 0.2) is 36.4 Å². The van der Waals surface area contributed by atoms with Gasteiger partial charge in [-0.25, -0.2) is 4.98 Å². The zero-order valence-electron chi connectivity index (χ0n) is 13.3. The van der Waals surface area contributed by atoms with Gasteiger partial charge >= 0.3 is 0 Å². The summed E-state index contributed by atoms with van der Waals surface area (Å²) in [6.07, 6.45) is 0.955. The van der Waals surface area contributed by atoms with Crippen molar-refractivity contribution in [2.24, 2.45) is 0 Å². The fourth-order valence-electron chi connectivity index (χ4n) is 2.62. The van der Waals surface area contributed by atoms with E-state index in [9.17, 15) is 9.90 Å². The topological polar surface area (TPSA) is 80.7 Å². The maximum Gasteiger partial charge on any atom is 0.226 e. The number of aromatic hydroxyl groups is 1. The lowest BCUT2D eigenvalue weighted by molar-refractivity contribution is -0.116. The lowest BCUT2D eigenvalue weighted by Crippen LogP contribution is -2.15. The van der Waals surface area contributed by atoms with Crippen molar-refractivity contribution in [2.75, 3.05) is 18.5 Å². The van der Waals surface area contributed by atoms with E-state index in [1.807, 2.05) is 24.3 Å². The van der Waals surface area contributed by atoms with Crippen LogP contribution >= 0.6 is 11.3 Å². The van der Waals surface area contributed by atoms with Crippen molar-refractivity contribution in [3.8, 4) is 17.2 Å². The predicted molar refractivity (Wildman–Crippen MR) is 95.7 cm³/mol. The second kappa shape index (κ2) is 6.60. The van der Waals surface area contributed by atoms with Crippen LogP contribution in [-0.2, 0) is 11.2 Å². The summed E-state index contributed by atoms with van der Waals surface area (Å²) in [7, 11) is 0. The van der Waals surface area contributed by atoms with Crippen LogP contribution in [0.2, 0.25) is 0 Å². The molecule has 4 rings (SSSR count). The van der Waals surface area contributed by atoms with Crippen molar-refractivity contribution in [2.45, 2.75) is 12.8 Å². The number of ether oxygens (including phenoxy) is 2. The molecule has 7 heteroatoms. The number of rotatable bonds is 4. The van der Waals surface area contributed by atoms with Gasteiger partial charge in [0.25, 0.3) is 0 Å². The number of carbonyl (C=O) groups excluding carboxylic acids is 1. The SMILES string of the molecule is O=C(CCc1ccc(O)cc1)Nc1nc2cc3c(cc2s1)OCCO3. The number of anilines is 1. The minimum absolute atomic E-state index is 0.0932. The van der Waals surface area contributed by atoms with Crippen molar-refractivity contribution in [3.05, 3.63) is 42.0 Å². The van der Waals surface area contributed by atoms with E-state index in [-0.39, 0.29) is 11.7 Å². The van der Waals surface area contributed by atoms with Gasteiger partial charge in [-0.1, -0.05) is 23.5 Å². The summed E-state index contributed by atoms with van der Waals surface area (Å²) in [5.74, 6) is 1.53. The second-order valence-electron chi connectivity index (χ2n) is 5.70. The highest BCUT2D eigenvalue weighted by Crippen LogP contribution is 2.37. The van der Waals surface area contributed by atoms with Crippen LogP contribution < -0.4 is 14.8 Å². The summed E-state index contributed by atoms with van der Waals surface area (Å²) in [6.45, 7) is 1.07. The minimum atomic E-state index is -0.0932. The van der Waals surface area contributed by atoms with E-state index >= 15 is 0 Å². The molecule has 0 saturated heterocycles. The van der Waals surface area contributed by atoms with Gasteiger partial charge in [-0.3, -0.25) is 4.79 Å². The van der Waals surface area contributed by atoms with Gasteiger partial charge in [-0.05, 0) is 24.1 Å². The molecule has 0 spiro atoms. The molecule has 1 aliphatic rings. The Labute approximate surface area is 148 Å². The summed E-state index contributed by atoms with van der Waals surface area (Å²) in [4.78, 5) is 16.6. The first kappa shape index (κ1) is 15.7. The number of nitrogens with zero attached hydrogens (tertiary/aromatic N) is 1. The Morgan fingerprint density at radius 2 is 1.88 bits per heavy atom. The summed E-state index contributed by atoms with van der Waals surface area (Å²) < 4.78 is 12.1. The number of phenolic OH excluding ortho intramolecular Hbond substituents is 1. The first-order chi connectivity index (χ1) is 12.2. The Morgan fingerprint density at radius 3 is 2.64 bits per heavy atom. The molecule has 0 unspecified atom stereocenters. The van der Waals surface area contributed by atoms with Gasteiger partial charge in [-0.2, -0.15) is 0 Å². The molecule has 25 heavy (non-hydrogen) atoms. The van der Waals surface area contributed by atoms with Crippen LogP contribution in [0.4, 0.5) is 5.13 Å². The van der Waals surface area contributed by atoms with Crippen molar-refractivity contribution in [1.82, 2.24) is 4.98 Å². The van der Waals surface area contributed by atoms with Crippen LogP contribution in [0.1, 0.15) is 12.0 Å². The standard InChI is InChI=1S/C18H16N2O4S/c21-12-4-1-11(2-5-12)3-6-17(22)20-18-19-13-9-14-15(10-16(13)25-18)24-8-7-23-14/h1-2,4-5,9-10,21H,3,6-8H2,(H,19,20,22). The fourth-order valence-corrected chi connectivity index (χ4v) is 3.51. The van der Waals surface area contributed by atoms with Crippen molar-refractivity contribution in [1.29, 1.82) is 0 Å². The summed E-state index contributed by atoms with van der Waals surface area (Å²) in [6, 6.07) is 10.6. The molecule has 128 valence electrons. The molecule has 0 bridgehead atoms. The molecule has 6 nitrogen and oxygen atoms in total. The highest BCUT2D eigenvalue weighted by Gasteiger charge is 2.16.